The smallest absolute Gasteiger partial charge is 0.465 e. The van der Waals surface area contributed by atoms with Gasteiger partial charge in [-0.15, -0.1) is 11.3 Å². The molecule has 0 N–H and O–H groups in total. The van der Waals surface area contributed by atoms with Crippen molar-refractivity contribution in [2.75, 3.05) is 13.4 Å². The summed E-state index contributed by atoms with van der Waals surface area (Å²) in [6.45, 7) is 25.0. The van der Waals surface area contributed by atoms with E-state index in [2.05, 4.69) is 164 Å². The SMILES string of the molecule is CCOCOc1c(-n2c3ccc(-c4ccc(C(CC)(CC)CC)cc4)cc3c3cc(-c4ccc(C(CC)(CC)CC)cc4)ccc32)csc1B1OC(C)(C)C(C)(C)O1. The molecule has 0 amide bonds. The lowest BCUT2D eigenvalue weighted by Crippen LogP contribution is -2.41. The minimum Gasteiger partial charge on any atom is -0.465 e. The Morgan fingerprint density at radius 1 is 0.586 bits per heavy atom. The van der Waals surface area contributed by atoms with Crippen molar-refractivity contribution < 1.29 is 18.8 Å². The summed E-state index contributed by atoms with van der Waals surface area (Å²) in [7, 11) is -0.559. The van der Waals surface area contributed by atoms with Crippen molar-refractivity contribution in [3.63, 3.8) is 0 Å². The molecule has 0 radical (unpaired) electrons. The van der Waals surface area contributed by atoms with E-state index in [-0.39, 0.29) is 17.6 Å². The summed E-state index contributed by atoms with van der Waals surface area (Å²) in [5.41, 5.74) is 10.4. The highest BCUT2D eigenvalue weighted by molar-refractivity contribution is 7.21. The summed E-state index contributed by atoms with van der Waals surface area (Å²) >= 11 is 1.61. The van der Waals surface area contributed by atoms with Crippen LogP contribution in [0.3, 0.4) is 0 Å². The molecule has 5 nitrogen and oxygen atoms in total. The normalized spacial score (nSPS) is 15.5. The van der Waals surface area contributed by atoms with Crippen molar-refractivity contribution in [2.24, 2.45) is 0 Å². The number of rotatable bonds is 16. The fraction of sp³-hybridized carbons (Fsp3) is 0.451. The molecule has 0 bridgehead atoms. The average Bonchev–Trinajstić information content (AvgIpc) is 3.87. The molecule has 0 atom stereocenters. The quantitative estimate of drug-likeness (QED) is 0.0556. The number of aromatic nitrogens is 1. The Bertz CT molecular complexity index is 2190. The fourth-order valence-corrected chi connectivity index (χ4v) is 10.3. The summed E-state index contributed by atoms with van der Waals surface area (Å²) in [6.07, 6.45) is 6.84. The molecular weight excluding hydrogens is 733 g/mol. The van der Waals surface area contributed by atoms with E-state index in [1.165, 1.54) is 44.2 Å². The molecule has 58 heavy (non-hydrogen) atoms. The molecule has 7 heteroatoms. The van der Waals surface area contributed by atoms with Gasteiger partial charge in [-0.1, -0.05) is 102 Å². The van der Waals surface area contributed by atoms with Crippen LogP contribution in [0.15, 0.2) is 90.3 Å². The van der Waals surface area contributed by atoms with Crippen LogP contribution in [0.5, 0.6) is 5.75 Å². The first-order chi connectivity index (χ1) is 27.8. The maximum Gasteiger partial charge on any atom is 0.509 e. The Labute approximate surface area is 352 Å². The highest BCUT2D eigenvalue weighted by Crippen LogP contribution is 2.44. The lowest BCUT2D eigenvalue weighted by molar-refractivity contribution is 0.00578. The molecule has 1 aliphatic heterocycles. The first kappa shape index (κ1) is 42.3. The lowest BCUT2D eigenvalue weighted by Gasteiger charge is -2.32. The van der Waals surface area contributed by atoms with Gasteiger partial charge in [0.15, 0.2) is 12.5 Å². The predicted molar refractivity (Wildman–Crippen MR) is 247 cm³/mol. The molecule has 0 spiro atoms. The highest BCUT2D eigenvalue weighted by atomic mass is 32.1. The minimum absolute atomic E-state index is 0.134. The van der Waals surface area contributed by atoms with Gasteiger partial charge in [-0.05, 0) is 142 Å². The third-order valence-electron chi connectivity index (χ3n) is 14.4. The summed E-state index contributed by atoms with van der Waals surface area (Å²) in [6, 6.07) is 32.5. The molecule has 1 fully saturated rings. The van der Waals surface area contributed by atoms with Gasteiger partial charge in [-0.3, -0.25) is 0 Å². The number of nitrogens with zero attached hydrogens (tertiary/aromatic N) is 1. The Morgan fingerprint density at radius 3 is 1.40 bits per heavy atom. The standard InChI is InChI=1S/C51H64BNO4S/c1-12-50(13-2,14-3)39-25-19-35(20-26-39)37-23-29-43-41(31-37)42-32-38(36-21-27-40(28-22-36)51(15-4,16-5)17-6)24-30-44(42)53(43)45-33-58-47(46(45)55-34-54-18-7)52-56-48(8,9)49(10,11)57-52/h19-33H,12-18,34H2,1-11H3. The van der Waals surface area contributed by atoms with Gasteiger partial charge in [0.1, 0.15) is 0 Å². The molecule has 0 aliphatic carbocycles. The molecule has 0 saturated carbocycles. The molecule has 306 valence electrons. The van der Waals surface area contributed by atoms with Crippen LogP contribution >= 0.6 is 11.3 Å². The third kappa shape index (κ3) is 7.25. The highest BCUT2D eigenvalue weighted by Gasteiger charge is 2.53. The first-order valence-electron chi connectivity index (χ1n) is 21.8. The first-order valence-corrected chi connectivity index (χ1v) is 22.7. The Morgan fingerprint density at radius 2 is 1.00 bits per heavy atom. The van der Waals surface area contributed by atoms with E-state index in [9.17, 15) is 0 Å². The number of ether oxygens (including phenoxy) is 2. The van der Waals surface area contributed by atoms with Crippen molar-refractivity contribution in [1.82, 2.24) is 4.57 Å². The van der Waals surface area contributed by atoms with Crippen LogP contribution in [0.25, 0.3) is 49.7 Å². The monoisotopic (exact) mass is 797 g/mol. The van der Waals surface area contributed by atoms with E-state index in [0.29, 0.717) is 6.61 Å². The van der Waals surface area contributed by atoms with Crippen LogP contribution in [-0.2, 0) is 24.9 Å². The molecule has 2 aromatic heterocycles. The number of hydrogen-bond acceptors (Lipinski definition) is 5. The second-order valence-electron chi connectivity index (χ2n) is 17.3. The zero-order valence-corrected chi connectivity index (χ0v) is 37.7. The summed E-state index contributed by atoms with van der Waals surface area (Å²) < 4.78 is 28.8. The molecule has 0 unspecified atom stereocenters. The number of fused-ring (bicyclic) bond motifs is 3. The molecule has 1 aliphatic rings. The Hall–Kier alpha value is -3.88. The minimum atomic E-state index is -0.559. The van der Waals surface area contributed by atoms with Gasteiger partial charge in [-0.25, -0.2) is 0 Å². The number of hydrogen-bond donors (Lipinski definition) is 0. The maximum absolute atomic E-state index is 6.59. The summed E-state index contributed by atoms with van der Waals surface area (Å²) in [5, 5.41) is 4.57. The molecule has 6 aromatic rings. The van der Waals surface area contributed by atoms with E-state index in [4.69, 9.17) is 18.8 Å². The topological polar surface area (TPSA) is 41.9 Å². The largest absolute Gasteiger partial charge is 0.509 e. The number of thiophene rings is 1. The van der Waals surface area contributed by atoms with E-state index in [1.54, 1.807) is 11.3 Å². The Balaban J connectivity index is 1.40. The molecule has 3 heterocycles. The van der Waals surface area contributed by atoms with Gasteiger partial charge < -0.3 is 23.3 Å². The van der Waals surface area contributed by atoms with Gasteiger partial charge in [0, 0.05) is 22.8 Å². The van der Waals surface area contributed by atoms with Crippen LogP contribution in [0, 0.1) is 0 Å². The van der Waals surface area contributed by atoms with E-state index in [0.717, 1.165) is 65.8 Å². The zero-order valence-electron chi connectivity index (χ0n) is 36.9. The van der Waals surface area contributed by atoms with Crippen molar-refractivity contribution in [1.29, 1.82) is 0 Å². The second-order valence-corrected chi connectivity index (χ2v) is 18.2. The van der Waals surface area contributed by atoms with Crippen molar-refractivity contribution in [3.05, 3.63) is 101 Å². The number of benzene rings is 4. The fourth-order valence-electron chi connectivity index (χ4n) is 9.35. The van der Waals surface area contributed by atoms with E-state index < -0.39 is 18.3 Å². The van der Waals surface area contributed by atoms with Crippen LogP contribution < -0.4 is 9.51 Å². The average molecular weight is 798 g/mol. The van der Waals surface area contributed by atoms with Crippen molar-refractivity contribution in [2.45, 2.75) is 137 Å². The predicted octanol–water partition coefficient (Wildman–Crippen LogP) is 13.8. The van der Waals surface area contributed by atoms with Crippen LogP contribution in [-0.4, -0.2) is 36.3 Å². The van der Waals surface area contributed by atoms with Gasteiger partial charge in [-0.2, -0.15) is 0 Å². The third-order valence-corrected chi connectivity index (χ3v) is 15.4. The Kier molecular flexibility index (Phi) is 12.1. The van der Waals surface area contributed by atoms with Crippen LogP contribution in [0.2, 0.25) is 0 Å². The molecule has 7 rings (SSSR count). The van der Waals surface area contributed by atoms with Crippen LogP contribution in [0.1, 0.15) is 126 Å². The second kappa shape index (κ2) is 16.6. The van der Waals surface area contributed by atoms with Gasteiger partial charge in [0.2, 0.25) is 0 Å². The van der Waals surface area contributed by atoms with Crippen LogP contribution in [0.4, 0.5) is 0 Å². The van der Waals surface area contributed by atoms with Gasteiger partial charge >= 0.3 is 7.12 Å². The maximum atomic E-state index is 6.59. The van der Waals surface area contributed by atoms with Gasteiger partial charge in [0.25, 0.3) is 0 Å². The lowest BCUT2D eigenvalue weighted by atomic mass is 9.73. The van der Waals surface area contributed by atoms with Gasteiger partial charge in [0.05, 0.1) is 32.7 Å². The molecule has 4 aromatic carbocycles. The van der Waals surface area contributed by atoms with E-state index in [1.807, 2.05) is 6.92 Å². The van der Waals surface area contributed by atoms with Crippen molar-refractivity contribution in [3.8, 4) is 33.7 Å². The summed E-state index contributed by atoms with van der Waals surface area (Å²) in [4.78, 5) is 0. The zero-order chi connectivity index (χ0) is 41.5. The van der Waals surface area contributed by atoms with E-state index >= 15 is 0 Å². The summed E-state index contributed by atoms with van der Waals surface area (Å²) in [5.74, 6) is 0.729. The van der Waals surface area contributed by atoms with Crippen molar-refractivity contribution >= 4 is 45.0 Å². The molecule has 1 saturated heterocycles. The molecular formula is C51H64BNO4S.